The maximum atomic E-state index is 14.8. The number of aliphatic imine (C=N–C) groups is 1. The van der Waals surface area contributed by atoms with Gasteiger partial charge in [0, 0.05) is 16.7 Å². The molecule has 1 unspecified atom stereocenters. The molecule has 152 valence electrons. The van der Waals surface area contributed by atoms with Gasteiger partial charge in [0.1, 0.15) is 5.82 Å². The third-order valence-corrected chi connectivity index (χ3v) is 5.56. The van der Waals surface area contributed by atoms with Crippen molar-refractivity contribution in [1.29, 1.82) is 0 Å². The summed E-state index contributed by atoms with van der Waals surface area (Å²) in [4.78, 5) is 4.92. The summed E-state index contributed by atoms with van der Waals surface area (Å²) in [6, 6.07) is 24.9. The monoisotopic (exact) mass is 418 g/mol. The molecule has 5 heteroatoms. The van der Waals surface area contributed by atoms with E-state index < -0.39 is 5.54 Å². The van der Waals surface area contributed by atoms with Crippen LogP contribution in [0.1, 0.15) is 23.6 Å². The number of hydrogen-bond acceptors (Lipinski definition) is 4. The van der Waals surface area contributed by atoms with E-state index in [1.165, 1.54) is 6.07 Å². The van der Waals surface area contributed by atoms with Gasteiger partial charge in [-0.15, -0.1) is 0 Å². The van der Waals surface area contributed by atoms with Gasteiger partial charge in [0.25, 0.3) is 0 Å². The predicted octanol–water partition coefficient (Wildman–Crippen LogP) is 5.20. The number of benzene rings is 3. The summed E-state index contributed by atoms with van der Waals surface area (Å²) in [5.41, 5.74) is 3.35. The van der Waals surface area contributed by atoms with Crippen molar-refractivity contribution in [2.75, 3.05) is 13.2 Å². The highest BCUT2D eigenvalue weighted by Crippen LogP contribution is 2.31. The minimum atomic E-state index is -0.687. The minimum Gasteiger partial charge on any atom is -0.377 e. The van der Waals surface area contributed by atoms with E-state index in [2.05, 4.69) is 5.32 Å². The number of hydrogen-bond donors (Lipinski definition) is 1. The number of morpholine rings is 1. The van der Waals surface area contributed by atoms with Crippen LogP contribution in [-0.2, 0) is 10.3 Å². The van der Waals surface area contributed by atoms with Crippen LogP contribution >= 0.6 is 12.2 Å². The Morgan fingerprint density at radius 1 is 1.07 bits per heavy atom. The second-order valence-electron chi connectivity index (χ2n) is 7.59. The second kappa shape index (κ2) is 8.96. The van der Waals surface area contributed by atoms with Gasteiger partial charge in [-0.05, 0) is 30.5 Å². The van der Waals surface area contributed by atoms with Crippen molar-refractivity contribution in [1.82, 2.24) is 5.32 Å². The Hall–Kier alpha value is -2.73. The van der Waals surface area contributed by atoms with Crippen molar-refractivity contribution in [3.63, 3.8) is 0 Å². The van der Waals surface area contributed by atoms with Gasteiger partial charge in [0.15, 0.2) is 0 Å². The molecule has 0 aliphatic carbocycles. The van der Waals surface area contributed by atoms with Crippen molar-refractivity contribution < 1.29 is 9.13 Å². The lowest BCUT2D eigenvalue weighted by Gasteiger charge is -2.39. The molecule has 3 aromatic rings. The molecular formula is C25H23FN2OS. The van der Waals surface area contributed by atoms with Crippen LogP contribution in [0.15, 0.2) is 83.9 Å². The molecule has 3 nitrogen and oxygen atoms in total. The van der Waals surface area contributed by atoms with Gasteiger partial charge in [0.2, 0.25) is 0 Å². The van der Waals surface area contributed by atoms with E-state index >= 15 is 0 Å². The zero-order valence-corrected chi connectivity index (χ0v) is 17.5. The zero-order valence-electron chi connectivity index (χ0n) is 16.7. The van der Waals surface area contributed by atoms with E-state index in [0.717, 1.165) is 16.8 Å². The van der Waals surface area contributed by atoms with Crippen LogP contribution in [0, 0.1) is 5.82 Å². The Labute approximate surface area is 181 Å². The fourth-order valence-electron chi connectivity index (χ4n) is 3.73. The topological polar surface area (TPSA) is 33.6 Å². The maximum Gasteiger partial charge on any atom is 0.128 e. The van der Waals surface area contributed by atoms with E-state index in [9.17, 15) is 4.39 Å². The Bertz CT molecular complexity index is 1010. The lowest BCUT2D eigenvalue weighted by Crippen LogP contribution is -2.55. The Kier molecular flexibility index (Phi) is 6.13. The summed E-state index contributed by atoms with van der Waals surface area (Å²) >= 11 is 5.07. The molecule has 1 aliphatic heterocycles. The van der Waals surface area contributed by atoms with E-state index in [0.29, 0.717) is 24.5 Å². The summed E-state index contributed by atoms with van der Waals surface area (Å²) in [6.45, 7) is 2.78. The van der Waals surface area contributed by atoms with Crippen LogP contribution < -0.4 is 5.32 Å². The SMILES string of the molecule is C[C@@]1(c2cc(N=C(c3ccccc3)c3ccccc3)ccc2F)COCC(C=S)N1. The van der Waals surface area contributed by atoms with Crippen molar-refractivity contribution in [2.45, 2.75) is 18.5 Å². The molecule has 1 saturated heterocycles. The highest BCUT2D eigenvalue weighted by atomic mass is 32.1. The number of rotatable bonds is 5. The molecule has 0 spiro atoms. The first-order chi connectivity index (χ1) is 14.6. The lowest BCUT2D eigenvalue weighted by atomic mass is 9.90. The van der Waals surface area contributed by atoms with Crippen LogP contribution in [0.5, 0.6) is 0 Å². The third kappa shape index (κ3) is 4.38. The molecule has 0 radical (unpaired) electrons. The van der Waals surface area contributed by atoms with Gasteiger partial charge >= 0.3 is 0 Å². The highest BCUT2D eigenvalue weighted by molar-refractivity contribution is 7.79. The third-order valence-electron chi connectivity index (χ3n) is 5.24. The number of ether oxygens (including phenoxy) is 1. The average molecular weight is 419 g/mol. The summed E-state index contributed by atoms with van der Waals surface area (Å²) in [5.74, 6) is -0.293. The van der Waals surface area contributed by atoms with Gasteiger partial charge in [0.05, 0.1) is 36.2 Å². The van der Waals surface area contributed by atoms with E-state index in [1.54, 1.807) is 17.5 Å². The minimum absolute atomic E-state index is 0.102. The Morgan fingerprint density at radius 3 is 2.30 bits per heavy atom. The normalized spacial score (nSPS) is 21.1. The van der Waals surface area contributed by atoms with Gasteiger partial charge in [-0.1, -0.05) is 72.9 Å². The molecule has 3 aromatic carbocycles. The summed E-state index contributed by atoms with van der Waals surface area (Å²) in [5, 5.41) is 5.03. The predicted molar refractivity (Wildman–Crippen MR) is 123 cm³/mol. The van der Waals surface area contributed by atoms with Crippen LogP contribution in [0.2, 0.25) is 0 Å². The fraction of sp³-hybridized carbons (Fsp3) is 0.200. The van der Waals surface area contributed by atoms with E-state index in [4.69, 9.17) is 21.9 Å². The molecule has 0 aromatic heterocycles. The summed E-state index contributed by atoms with van der Waals surface area (Å²) in [6.07, 6.45) is 0. The largest absolute Gasteiger partial charge is 0.377 e. The lowest BCUT2D eigenvalue weighted by molar-refractivity contribution is 0.0202. The molecule has 1 aliphatic rings. The summed E-state index contributed by atoms with van der Waals surface area (Å²) in [7, 11) is 0. The zero-order chi connectivity index (χ0) is 21.0. The van der Waals surface area contributed by atoms with Crippen LogP contribution in [0.3, 0.4) is 0 Å². The number of thiocarbonyl (C=S) groups is 1. The van der Waals surface area contributed by atoms with Gasteiger partial charge in [-0.2, -0.15) is 0 Å². The van der Waals surface area contributed by atoms with E-state index in [1.807, 2.05) is 67.6 Å². The highest BCUT2D eigenvalue weighted by Gasteiger charge is 2.35. The van der Waals surface area contributed by atoms with Crippen molar-refractivity contribution >= 4 is 29.0 Å². The second-order valence-corrected chi connectivity index (χ2v) is 7.86. The molecule has 1 heterocycles. The van der Waals surface area contributed by atoms with E-state index in [-0.39, 0.29) is 11.9 Å². The molecule has 4 rings (SSSR count). The fourth-order valence-corrected chi connectivity index (χ4v) is 3.88. The first kappa shape index (κ1) is 20.5. The molecule has 0 amide bonds. The maximum absolute atomic E-state index is 14.8. The number of halogens is 1. The molecule has 0 bridgehead atoms. The van der Waals surface area contributed by atoms with Crippen LogP contribution in [-0.4, -0.2) is 30.3 Å². The standard InChI is InChI=1S/C25H23FN2OS/c1-25(17-29-15-21(16-30)28-25)22-14-20(12-13-23(22)26)27-24(18-8-4-2-5-9-18)19-10-6-3-7-11-19/h2-14,16,21,28H,15,17H2,1H3/t21?,25-/m0/s1. The van der Waals surface area contributed by atoms with Gasteiger partial charge in [-0.3, -0.25) is 5.32 Å². The Balaban J connectivity index is 1.78. The molecule has 30 heavy (non-hydrogen) atoms. The first-order valence-corrected chi connectivity index (χ1v) is 10.4. The average Bonchev–Trinajstić information content (AvgIpc) is 2.79. The quantitative estimate of drug-likeness (QED) is 0.457. The van der Waals surface area contributed by atoms with Gasteiger partial charge in [-0.25, -0.2) is 9.38 Å². The van der Waals surface area contributed by atoms with Crippen LogP contribution in [0.25, 0.3) is 0 Å². The molecular weight excluding hydrogens is 395 g/mol. The summed E-state index contributed by atoms with van der Waals surface area (Å²) < 4.78 is 20.5. The van der Waals surface area contributed by atoms with Gasteiger partial charge < -0.3 is 4.74 Å². The molecule has 2 atom stereocenters. The molecule has 1 N–H and O–H groups in total. The number of nitrogens with one attached hydrogen (secondary N) is 1. The Morgan fingerprint density at radius 2 is 1.70 bits per heavy atom. The first-order valence-electron chi connectivity index (χ1n) is 9.89. The van der Waals surface area contributed by atoms with Crippen molar-refractivity contribution in [3.8, 4) is 0 Å². The smallest absolute Gasteiger partial charge is 0.128 e. The van der Waals surface area contributed by atoms with Crippen molar-refractivity contribution in [3.05, 3.63) is 101 Å². The van der Waals surface area contributed by atoms with Crippen LogP contribution in [0.4, 0.5) is 10.1 Å². The van der Waals surface area contributed by atoms with Crippen molar-refractivity contribution in [2.24, 2.45) is 4.99 Å². The molecule has 1 fully saturated rings. The molecule has 0 saturated carbocycles. The number of nitrogens with zero attached hydrogens (tertiary/aromatic N) is 1.